The monoisotopic (exact) mass is 1920 g/mol. The van der Waals surface area contributed by atoms with Crippen LogP contribution >= 0.6 is 0 Å². The molecule has 1 fully saturated rings. The fourth-order valence-corrected chi connectivity index (χ4v) is 11.5. The van der Waals surface area contributed by atoms with Gasteiger partial charge >= 0.3 is 59.7 Å². The molecule has 140 heavy (non-hydrogen) atoms. The lowest BCUT2D eigenvalue weighted by molar-refractivity contribution is -0.282. The Morgan fingerprint density at radius 3 is 0.700 bits per heavy atom. The molecule has 2 unspecified atom stereocenters. The second-order valence-corrected chi connectivity index (χ2v) is 27.3. The number of aromatic hydroxyl groups is 24. The molecule has 0 amide bonds. The maximum Gasteiger partial charge on any atom is 0.343 e. The van der Waals surface area contributed by atoms with Gasteiger partial charge in [0.2, 0.25) is 46.9 Å². The molecule has 1 heterocycles. The first-order valence-corrected chi connectivity index (χ1v) is 37.7. The number of terminal acetylenes is 1. The van der Waals surface area contributed by atoms with E-state index < -0.39 is 325 Å². The number of ether oxygens (including phenoxy) is 12. The van der Waals surface area contributed by atoms with Crippen molar-refractivity contribution in [3.05, 3.63) is 177 Å². The van der Waals surface area contributed by atoms with E-state index in [0.717, 1.165) is 0 Å². The molecule has 10 aromatic rings. The third-order valence-corrected chi connectivity index (χ3v) is 18.1. The van der Waals surface area contributed by atoms with Crippen molar-refractivity contribution in [3.8, 4) is 280 Å². The van der Waals surface area contributed by atoms with Crippen molar-refractivity contribution in [2.75, 3.05) is 6.61 Å². The van der Waals surface area contributed by atoms with Crippen LogP contribution in [0.2, 0.25) is 0 Å². The molecule has 0 spiro atoms. The van der Waals surface area contributed by atoms with E-state index in [1.807, 2.05) is 6.11 Å². The van der Waals surface area contributed by atoms with Crippen LogP contribution in [0.3, 0.4) is 0 Å². The molecule has 0 aliphatic carbocycles. The molecule has 0 radical (unpaired) electrons. The van der Waals surface area contributed by atoms with Crippen molar-refractivity contribution in [2.45, 2.75) is 30.7 Å². The molecule has 24 N–H and O–H groups in total. The number of carbonyl (C=O) groups is 10. The highest BCUT2D eigenvalue weighted by Crippen LogP contribution is 2.48. The van der Waals surface area contributed by atoms with Crippen molar-refractivity contribution < 1.29 is 227 Å². The highest BCUT2D eigenvalue weighted by Gasteiger charge is 2.55. The van der Waals surface area contributed by atoms with Gasteiger partial charge in [0.1, 0.15) is 18.8 Å². The molecule has 0 saturated carbocycles. The normalized spacial score (nSPS) is 13.3. The van der Waals surface area contributed by atoms with E-state index in [1.54, 1.807) is 0 Å². The number of hydrogen-bond acceptors (Lipinski definition) is 46. The summed E-state index contributed by atoms with van der Waals surface area (Å²) >= 11 is 0. The summed E-state index contributed by atoms with van der Waals surface area (Å²) in [6.45, 7) is -1.74. The van der Waals surface area contributed by atoms with Gasteiger partial charge in [-0.25, -0.2) is 47.9 Å². The lowest BCUT2D eigenvalue weighted by Gasteiger charge is -2.43. The summed E-state index contributed by atoms with van der Waals surface area (Å²) in [4.78, 5) is 144. The predicted octanol–water partition coefficient (Wildman–Crippen LogP) is 5.13. The van der Waals surface area contributed by atoms with Gasteiger partial charge in [0.25, 0.3) is 0 Å². The molecule has 0 bridgehead atoms. The minimum atomic E-state index is -3.15. The summed E-state index contributed by atoms with van der Waals surface area (Å²) in [7, 11) is 0. The first-order valence-electron chi connectivity index (χ1n) is 37.7. The highest BCUT2D eigenvalue weighted by atomic mass is 16.8. The average molecular weight is 1920 g/mol. The van der Waals surface area contributed by atoms with Crippen molar-refractivity contribution >= 4 is 59.7 Å². The van der Waals surface area contributed by atoms with Crippen molar-refractivity contribution in [3.63, 3.8) is 0 Å². The van der Waals surface area contributed by atoms with E-state index in [0.29, 0.717) is 115 Å². The Labute approximate surface area is 777 Å². The topological polar surface area (TPSA) is 767 Å². The molecule has 704 valence electrons. The number of carbonyl (C=O) groups excluding carboxylic acids is 10. The van der Waals surface area contributed by atoms with Gasteiger partial charge in [-0.1, -0.05) is 0 Å². The van der Waals surface area contributed by atoms with Gasteiger partial charge in [-0.3, -0.25) is 0 Å². The molecule has 11 rings (SSSR count). The zero-order chi connectivity index (χ0) is 102. The van der Waals surface area contributed by atoms with Crippen LogP contribution in [0.15, 0.2) is 121 Å². The third kappa shape index (κ3) is 23.0. The lowest BCUT2D eigenvalue weighted by atomic mass is 9.97. The van der Waals surface area contributed by atoms with Crippen LogP contribution in [-0.2, 0) is 28.4 Å². The van der Waals surface area contributed by atoms with Crippen LogP contribution in [0.5, 0.6) is 172 Å². The molecular formula is C94H52O46. The Morgan fingerprint density at radius 1 is 0.229 bits per heavy atom. The van der Waals surface area contributed by atoms with Crippen LogP contribution in [0.25, 0.3) is 0 Å². The molecule has 0 aromatic heterocycles. The van der Waals surface area contributed by atoms with E-state index in [4.69, 9.17) is 63.3 Å². The largest absolute Gasteiger partial charge is 0.504 e. The molecule has 1 aliphatic heterocycles. The van der Waals surface area contributed by atoms with Gasteiger partial charge in [0.15, 0.2) is 150 Å². The summed E-state index contributed by atoms with van der Waals surface area (Å²) in [6, 6.07) is 8.64. The minimum Gasteiger partial charge on any atom is -0.504 e. The first-order chi connectivity index (χ1) is 66.4. The number of hydrogen-bond donors (Lipinski definition) is 24. The molecule has 5 atom stereocenters. The number of phenolic OH excluding ortho intramolecular Hbond substituents is 24. The quantitative estimate of drug-likeness (QED) is 0.0137. The Bertz CT molecular complexity index is 7470. The molecule has 1 saturated heterocycles. The van der Waals surface area contributed by atoms with Gasteiger partial charge in [-0.2, -0.15) is 0 Å². The van der Waals surface area contributed by atoms with Crippen molar-refractivity contribution in [2.24, 2.45) is 0 Å². The van der Waals surface area contributed by atoms with Gasteiger partial charge < -0.3 is 179 Å². The molecule has 46 nitrogen and oxygen atoms in total. The first kappa shape index (κ1) is 98.5. The summed E-state index contributed by atoms with van der Waals surface area (Å²) in [5, 5.41) is 254. The number of esters is 10. The van der Waals surface area contributed by atoms with E-state index >= 15 is 19.2 Å². The zero-order valence-electron chi connectivity index (χ0n) is 68.9. The van der Waals surface area contributed by atoms with Crippen molar-refractivity contribution in [1.82, 2.24) is 0 Å². The van der Waals surface area contributed by atoms with Gasteiger partial charge in [-0.15, -0.1) is 6.42 Å². The molecule has 10 aromatic carbocycles. The fraction of sp³-hybridized carbons (Fsp3) is 0.0638. The predicted molar refractivity (Wildman–Crippen MR) is 453 cm³/mol. The summed E-state index contributed by atoms with van der Waals surface area (Å²) in [5.74, 6) is -19.2. The second kappa shape index (κ2) is 42.2. The minimum absolute atomic E-state index is 0.288. The van der Waals surface area contributed by atoms with Crippen LogP contribution in [0, 0.1) is 107 Å². The van der Waals surface area contributed by atoms with Gasteiger partial charge in [-0.05, 0) is 163 Å². The van der Waals surface area contributed by atoms with Crippen LogP contribution < -0.4 is 28.4 Å². The SMILES string of the molecule is C#CC#CC#CC#CC#CC#CC#CC#CC#COc1cc(C(=O)Oc2cc(C(=O)OC[C@H]3OC(OC(=O)c4cc(O)c(O)c(OC(=O)c5cc(O)c(O)c(O)c5)c4)[C@H](OC(=O)c4cc(O)c(O)c(OC(=O)c5cc(O)c(O)c(O)c5)c4)[C@@H](OC(=O)c4cc(O)c(O)c(OC(=O)c5cc(O)c(O)c(O)c5)c4)C3OC(=O)c3cc(O)c(O)c(OC(=O)c4cc(O)c(O)c(O)c4)c3)cc(O)c2O)cc(O)c1O. The van der Waals surface area contributed by atoms with E-state index in [9.17, 15) is 151 Å². The zero-order valence-corrected chi connectivity index (χ0v) is 68.9. The van der Waals surface area contributed by atoms with E-state index in [-0.39, 0.29) is 6.07 Å². The Hall–Kier alpha value is -22.1. The number of rotatable bonds is 22. The molecule has 1 aliphatic rings. The highest BCUT2D eigenvalue weighted by molar-refractivity contribution is 6.00. The summed E-state index contributed by atoms with van der Waals surface area (Å²) in [6.07, 6.45) is -8.20. The smallest absolute Gasteiger partial charge is 0.343 e. The van der Waals surface area contributed by atoms with Crippen LogP contribution in [-0.4, -0.2) is 220 Å². The van der Waals surface area contributed by atoms with E-state index in [2.05, 4.69) is 94.7 Å². The number of benzene rings is 10. The molecule has 46 heteroatoms. The number of phenols is 24. The fourth-order valence-electron chi connectivity index (χ4n) is 11.5. The van der Waals surface area contributed by atoms with Crippen molar-refractivity contribution in [1.29, 1.82) is 0 Å². The lowest BCUT2D eigenvalue weighted by Crippen LogP contribution is -2.63. The van der Waals surface area contributed by atoms with Gasteiger partial charge in [0.05, 0.1) is 55.6 Å². The van der Waals surface area contributed by atoms with E-state index in [1.165, 1.54) is 0 Å². The molecular weight excluding hydrogens is 1860 g/mol. The third-order valence-electron chi connectivity index (χ3n) is 18.1. The Kier molecular flexibility index (Phi) is 29.7. The van der Waals surface area contributed by atoms with Gasteiger partial charge in [0, 0.05) is 53.4 Å². The second-order valence-electron chi connectivity index (χ2n) is 27.3. The van der Waals surface area contributed by atoms with Crippen LogP contribution in [0.1, 0.15) is 104 Å². The summed E-state index contributed by atoms with van der Waals surface area (Å²) < 4.78 is 66.1. The average Bonchev–Trinajstić information content (AvgIpc) is 0.762. The Balaban J connectivity index is 1.04. The summed E-state index contributed by atoms with van der Waals surface area (Å²) in [5.41, 5.74) is -10.0. The Morgan fingerprint density at radius 2 is 0.429 bits per heavy atom. The van der Waals surface area contributed by atoms with Crippen LogP contribution in [0.4, 0.5) is 0 Å². The maximum absolute atomic E-state index is 15.4. The maximum atomic E-state index is 15.4. The standard InChI is InChI=1S/C94H52O46/c1-2-3-4-5-6-7-8-9-10-11-12-13-14-15-16-17-18-129-64-33-45(28-58(103)75(64)113)89(124)135-65-34-44(27-59(104)76(65)114)84(119)130-39-70-81(137-90(125)46-29-60(105)77(115)66(35-46)131-85(120)40-19-50(95)71(109)51(96)20-40)82(138-91(126)47-30-61(106)78(116)67(36-47)132-86(121)41-21-52(97)72(110)53(98)22-41)83(139-92(127)48-31-62(107)79(117)68(37-48)133-87(122)42-23-54(99)73(111)55(100)24-42)94(136-70)140-93(128)49-32-63(108)80(118)69(38-49)134-88(123)43-25-56(101)74(112)57(102)26-43/h1,19-38,70,81-83,94-118H,39H2/t70-,81?,82+,83-,94?/m1/s1.